The second-order valence-electron chi connectivity index (χ2n) is 10.4. The fourth-order valence-electron chi connectivity index (χ4n) is 4.62. The second-order valence-corrected chi connectivity index (χ2v) is 10.4. The van der Waals surface area contributed by atoms with E-state index in [1.165, 1.54) is 4.90 Å². The molecule has 1 N–H and O–H groups in total. The van der Waals surface area contributed by atoms with Crippen LogP contribution in [0.3, 0.4) is 0 Å². The highest BCUT2D eigenvalue weighted by atomic mass is 16.6. The first-order valence-corrected chi connectivity index (χ1v) is 14.1. The maximum Gasteiger partial charge on any atom is 0.425 e. The van der Waals surface area contributed by atoms with Gasteiger partial charge in [-0.25, -0.2) is 14.7 Å². The molecule has 0 aliphatic rings. The Labute approximate surface area is 252 Å². The zero-order chi connectivity index (χ0) is 30.2. The first kappa shape index (κ1) is 29.3. The molecule has 1 aromatic heterocycles. The standard InChI is InChI=1S/C35H35N5O3/c1-25-10-8-11-26(2)33(25)40(35(41)43-31-15-9-14-28(24-31)27-12-6-5-7-13-27)32-20-21-36-34(38-32)37-29-16-18-30(19-17-29)42-23-22-39(3)4/h5-21,24H,22-23H2,1-4H3,(H,36,37,38). The van der Waals surface area contributed by atoms with E-state index in [1.54, 1.807) is 18.3 Å². The van der Waals surface area contributed by atoms with Crippen LogP contribution in [0.4, 0.5) is 27.9 Å². The summed E-state index contributed by atoms with van der Waals surface area (Å²) in [5.41, 5.74) is 5.30. The topological polar surface area (TPSA) is 79.8 Å². The van der Waals surface area contributed by atoms with Crippen LogP contribution in [0.15, 0.2) is 109 Å². The van der Waals surface area contributed by atoms with Crippen molar-refractivity contribution in [2.24, 2.45) is 0 Å². The zero-order valence-corrected chi connectivity index (χ0v) is 24.8. The van der Waals surface area contributed by atoms with Crippen molar-refractivity contribution >= 4 is 29.2 Å². The number of aromatic nitrogens is 2. The highest BCUT2D eigenvalue weighted by Crippen LogP contribution is 2.33. The third-order valence-electron chi connectivity index (χ3n) is 6.78. The third kappa shape index (κ3) is 7.55. The molecule has 0 saturated heterocycles. The van der Waals surface area contributed by atoms with Crippen molar-refractivity contribution in [2.75, 3.05) is 37.5 Å². The molecular formula is C35H35N5O3. The number of aryl methyl sites for hydroxylation is 2. The molecule has 5 aromatic rings. The van der Waals surface area contributed by atoms with Gasteiger partial charge in [-0.2, -0.15) is 4.98 Å². The first-order chi connectivity index (χ1) is 20.9. The molecule has 4 aromatic carbocycles. The minimum Gasteiger partial charge on any atom is -0.492 e. The number of hydrogen-bond donors (Lipinski definition) is 1. The van der Waals surface area contributed by atoms with Crippen molar-refractivity contribution < 1.29 is 14.3 Å². The lowest BCUT2D eigenvalue weighted by Gasteiger charge is -2.25. The SMILES string of the molecule is Cc1cccc(C)c1N(C(=O)Oc1cccc(-c2ccccc2)c1)c1ccnc(Nc2ccc(OCCN(C)C)cc2)n1. The number of rotatable bonds is 10. The number of carbonyl (C=O) groups excluding carboxylic acids is 1. The number of amides is 1. The Morgan fingerprint density at radius 2 is 1.49 bits per heavy atom. The Morgan fingerprint density at radius 1 is 0.791 bits per heavy atom. The van der Waals surface area contributed by atoms with Gasteiger partial charge in [0.1, 0.15) is 23.9 Å². The molecule has 218 valence electrons. The molecule has 0 bridgehead atoms. The molecular weight excluding hydrogens is 538 g/mol. The summed E-state index contributed by atoms with van der Waals surface area (Å²) in [4.78, 5) is 26.6. The van der Waals surface area contributed by atoms with E-state index in [1.807, 2.05) is 119 Å². The van der Waals surface area contributed by atoms with Gasteiger partial charge >= 0.3 is 6.09 Å². The Bertz CT molecular complexity index is 1650. The number of ether oxygens (including phenoxy) is 2. The largest absolute Gasteiger partial charge is 0.492 e. The van der Waals surface area contributed by atoms with Crippen LogP contribution in [0.25, 0.3) is 11.1 Å². The lowest BCUT2D eigenvalue weighted by atomic mass is 10.1. The number of carbonyl (C=O) groups is 1. The van der Waals surface area contributed by atoms with Crippen LogP contribution in [0, 0.1) is 13.8 Å². The molecule has 0 saturated carbocycles. The summed E-state index contributed by atoms with van der Waals surface area (Å²) in [5, 5.41) is 3.23. The van der Waals surface area contributed by atoms with Crippen LogP contribution in [-0.4, -0.2) is 48.2 Å². The number of nitrogens with one attached hydrogen (secondary N) is 1. The van der Waals surface area contributed by atoms with Crippen molar-refractivity contribution in [1.82, 2.24) is 14.9 Å². The number of hydrogen-bond acceptors (Lipinski definition) is 7. The average Bonchev–Trinajstić information content (AvgIpc) is 3.00. The minimum absolute atomic E-state index is 0.342. The van der Waals surface area contributed by atoms with E-state index < -0.39 is 6.09 Å². The number of nitrogens with zero attached hydrogens (tertiary/aromatic N) is 4. The van der Waals surface area contributed by atoms with Gasteiger partial charge < -0.3 is 19.7 Å². The van der Waals surface area contributed by atoms with Crippen molar-refractivity contribution in [3.63, 3.8) is 0 Å². The van der Waals surface area contributed by atoms with Crippen LogP contribution in [-0.2, 0) is 0 Å². The number of anilines is 4. The lowest BCUT2D eigenvalue weighted by molar-refractivity contribution is 0.210. The van der Waals surface area contributed by atoms with Crippen LogP contribution < -0.4 is 19.7 Å². The highest BCUT2D eigenvalue weighted by Gasteiger charge is 2.25. The summed E-state index contributed by atoms with van der Waals surface area (Å²) in [5.74, 6) is 1.93. The van der Waals surface area contributed by atoms with Gasteiger partial charge in [-0.05, 0) is 86.6 Å². The summed E-state index contributed by atoms with van der Waals surface area (Å²) in [6, 6.07) is 32.6. The van der Waals surface area contributed by atoms with Gasteiger partial charge in [0.05, 0.1) is 5.69 Å². The van der Waals surface area contributed by atoms with E-state index in [2.05, 4.69) is 15.2 Å². The van der Waals surface area contributed by atoms with Crippen LogP contribution in [0.2, 0.25) is 0 Å². The Morgan fingerprint density at radius 3 is 2.21 bits per heavy atom. The normalized spacial score (nSPS) is 10.8. The molecule has 1 heterocycles. The summed E-state index contributed by atoms with van der Waals surface area (Å²) >= 11 is 0. The van der Waals surface area contributed by atoms with E-state index in [9.17, 15) is 4.79 Å². The quantitative estimate of drug-likeness (QED) is 0.183. The number of benzene rings is 4. The molecule has 8 heteroatoms. The summed E-state index contributed by atoms with van der Waals surface area (Å²) in [6.45, 7) is 5.35. The van der Waals surface area contributed by atoms with E-state index in [0.29, 0.717) is 29.8 Å². The zero-order valence-electron chi connectivity index (χ0n) is 24.8. The molecule has 0 fully saturated rings. The fourth-order valence-corrected chi connectivity index (χ4v) is 4.62. The van der Waals surface area contributed by atoms with Crippen molar-refractivity contribution in [3.8, 4) is 22.6 Å². The molecule has 0 aliphatic carbocycles. The van der Waals surface area contributed by atoms with E-state index in [0.717, 1.165) is 40.2 Å². The smallest absolute Gasteiger partial charge is 0.425 e. The maximum atomic E-state index is 13.9. The summed E-state index contributed by atoms with van der Waals surface area (Å²) in [6.07, 6.45) is 1.04. The maximum absolute atomic E-state index is 13.9. The molecule has 43 heavy (non-hydrogen) atoms. The van der Waals surface area contributed by atoms with Gasteiger partial charge in [-0.15, -0.1) is 0 Å². The fraction of sp³-hybridized carbons (Fsp3) is 0.171. The second kappa shape index (κ2) is 13.6. The van der Waals surface area contributed by atoms with Crippen molar-refractivity contribution in [1.29, 1.82) is 0 Å². The average molecular weight is 574 g/mol. The molecule has 0 atom stereocenters. The minimum atomic E-state index is -0.577. The molecule has 0 radical (unpaired) electrons. The van der Waals surface area contributed by atoms with Gasteiger partial charge in [-0.3, -0.25) is 0 Å². The number of likely N-dealkylation sites (N-methyl/N-ethyl adjacent to an activating group) is 1. The molecule has 0 spiro atoms. The lowest BCUT2D eigenvalue weighted by Crippen LogP contribution is -2.31. The van der Waals surface area contributed by atoms with Gasteiger partial charge in [0.25, 0.3) is 0 Å². The first-order valence-electron chi connectivity index (χ1n) is 14.1. The van der Waals surface area contributed by atoms with Crippen LogP contribution >= 0.6 is 0 Å². The van der Waals surface area contributed by atoms with Crippen molar-refractivity contribution in [3.05, 3.63) is 120 Å². The Hall–Kier alpha value is -5.21. The van der Waals surface area contributed by atoms with Gasteiger partial charge in [0.2, 0.25) is 5.95 Å². The summed E-state index contributed by atoms with van der Waals surface area (Å²) < 4.78 is 11.8. The van der Waals surface area contributed by atoms with E-state index in [4.69, 9.17) is 14.5 Å². The molecule has 8 nitrogen and oxygen atoms in total. The van der Waals surface area contributed by atoms with Gasteiger partial charge in [0, 0.05) is 24.5 Å². The van der Waals surface area contributed by atoms with Crippen molar-refractivity contribution in [2.45, 2.75) is 13.8 Å². The van der Waals surface area contributed by atoms with E-state index >= 15 is 0 Å². The van der Waals surface area contributed by atoms with Crippen LogP contribution in [0.1, 0.15) is 11.1 Å². The monoisotopic (exact) mass is 573 g/mol. The number of para-hydroxylation sites is 1. The summed E-state index contributed by atoms with van der Waals surface area (Å²) in [7, 11) is 4.02. The van der Waals surface area contributed by atoms with Gasteiger partial charge in [0.15, 0.2) is 0 Å². The van der Waals surface area contributed by atoms with Gasteiger partial charge in [-0.1, -0.05) is 60.7 Å². The third-order valence-corrected chi connectivity index (χ3v) is 6.78. The van der Waals surface area contributed by atoms with E-state index in [-0.39, 0.29) is 0 Å². The predicted molar refractivity (Wildman–Crippen MR) is 172 cm³/mol. The molecule has 0 aliphatic heterocycles. The van der Waals surface area contributed by atoms with Crippen LogP contribution in [0.5, 0.6) is 11.5 Å². The highest BCUT2D eigenvalue weighted by molar-refractivity contribution is 5.98. The Kier molecular flexibility index (Phi) is 9.29. The predicted octanol–water partition coefficient (Wildman–Crippen LogP) is 7.78. The molecule has 1 amide bonds. The molecule has 0 unspecified atom stereocenters. The Balaban J connectivity index is 1.41. The molecule has 5 rings (SSSR count).